The highest BCUT2D eigenvalue weighted by molar-refractivity contribution is 5.74. The highest BCUT2D eigenvalue weighted by atomic mass is 16.5. The molecular formula is C16H20N4O3. The molecule has 1 aromatic carbocycles. The molecule has 1 aliphatic rings. The normalized spacial score (nSPS) is 13.7. The van der Waals surface area contributed by atoms with Crippen LogP contribution in [0.25, 0.3) is 5.69 Å². The lowest BCUT2D eigenvalue weighted by molar-refractivity contribution is 0.176. The molecular weight excluding hydrogens is 296 g/mol. The van der Waals surface area contributed by atoms with Gasteiger partial charge in [0.2, 0.25) is 0 Å². The van der Waals surface area contributed by atoms with Gasteiger partial charge in [0.05, 0.1) is 24.4 Å². The van der Waals surface area contributed by atoms with E-state index in [1.165, 1.54) is 4.68 Å². The van der Waals surface area contributed by atoms with Gasteiger partial charge in [-0.15, -0.1) is 0 Å². The SMILES string of the molecule is COCCNC(=O)N1CCc2[nH]n(-c3ccccc3)c(=O)c2C1. The highest BCUT2D eigenvalue weighted by Crippen LogP contribution is 2.15. The number of benzene rings is 1. The van der Waals surface area contributed by atoms with Crippen LogP contribution < -0.4 is 10.9 Å². The van der Waals surface area contributed by atoms with E-state index in [0.717, 1.165) is 11.4 Å². The fraction of sp³-hybridized carbons (Fsp3) is 0.375. The van der Waals surface area contributed by atoms with Crippen molar-refractivity contribution in [3.63, 3.8) is 0 Å². The summed E-state index contributed by atoms with van der Waals surface area (Å²) in [6, 6.07) is 9.26. The number of nitrogens with one attached hydrogen (secondary N) is 2. The number of para-hydroxylation sites is 1. The zero-order valence-electron chi connectivity index (χ0n) is 13.0. The molecule has 2 N–H and O–H groups in total. The molecule has 0 aliphatic carbocycles. The first kappa shape index (κ1) is 15.4. The summed E-state index contributed by atoms with van der Waals surface area (Å²) >= 11 is 0. The van der Waals surface area contributed by atoms with Crippen LogP contribution in [-0.4, -0.2) is 47.5 Å². The first-order chi connectivity index (χ1) is 11.2. The maximum atomic E-state index is 12.6. The minimum Gasteiger partial charge on any atom is -0.383 e. The molecule has 1 aliphatic heterocycles. The van der Waals surface area contributed by atoms with E-state index in [1.807, 2.05) is 30.3 Å². The molecule has 2 aromatic rings. The predicted octanol–water partition coefficient (Wildman–Crippen LogP) is 0.880. The fourth-order valence-electron chi connectivity index (χ4n) is 2.71. The Kier molecular flexibility index (Phi) is 4.47. The number of carbonyl (C=O) groups excluding carboxylic acids is 1. The molecule has 7 heteroatoms. The third kappa shape index (κ3) is 3.14. The summed E-state index contributed by atoms with van der Waals surface area (Å²) in [5.41, 5.74) is 2.25. The average molecular weight is 316 g/mol. The maximum absolute atomic E-state index is 12.6. The number of hydrogen-bond acceptors (Lipinski definition) is 3. The number of nitrogens with zero attached hydrogens (tertiary/aromatic N) is 2. The Morgan fingerprint density at radius 3 is 2.87 bits per heavy atom. The Morgan fingerprint density at radius 1 is 1.35 bits per heavy atom. The van der Waals surface area contributed by atoms with Gasteiger partial charge in [-0.25, -0.2) is 9.48 Å². The van der Waals surface area contributed by atoms with Gasteiger partial charge in [-0.3, -0.25) is 9.89 Å². The molecule has 0 spiro atoms. The van der Waals surface area contributed by atoms with Crippen LogP contribution in [0.2, 0.25) is 0 Å². The van der Waals surface area contributed by atoms with E-state index in [0.29, 0.717) is 38.2 Å². The number of hydrogen-bond donors (Lipinski definition) is 2. The van der Waals surface area contributed by atoms with Gasteiger partial charge < -0.3 is 15.0 Å². The fourth-order valence-corrected chi connectivity index (χ4v) is 2.71. The molecule has 23 heavy (non-hydrogen) atoms. The average Bonchev–Trinajstić information content (AvgIpc) is 2.92. The topological polar surface area (TPSA) is 79.4 Å². The Hall–Kier alpha value is -2.54. The van der Waals surface area contributed by atoms with Crippen LogP contribution in [0.4, 0.5) is 4.79 Å². The van der Waals surface area contributed by atoms with E-state index in [1.54, 1.807) is 12.0 Å². The predicted molar refractivity (Wildman–Crippen MR) is 85.8 cm³/mol. The van der Waals surface area contributed by atoms with Gasteiger partial charge in [-0.1, -0.05) is 18.2 Å². The van der Waals surface area contributed by atoms with Gasteiger partial charge in [0.1, 0.15) is 0 Å². The van der Waals surface area contributed by atoms with E-state index >= 15 is 0 Å². The lowest BCUT2D eigenvalue weighted by atomic mass is 10.1. The molecule has 122 valence electrons. The van der Waals surface area contributed by atoms with E-state index in [2.05, 4.69) is 10.4 Å². The highest BCUT2D eigenvalue weighted by Gasteiger charge is 2.25. The van der Waals surface area contributed by atoms with E-state index in [-0.39, 0.29) is 11.6 Å². The van der Waals surface area contributed by atoms with Crippen molar-refractivity contribution in [3.8, 4) is 5.69 Å². The van der Waals surface area contributed by atoms with Crippen LogP contribution in [0.15, 0.2) is 35.1 Å². The summed E-state index contributed by atoms with van der Waals surface area (Å²) in [6.45, 7) is 1.83. The number of ether oxygens (including phenoxy) is 1. The van der Waals surface area contributed by atoms with Crippen molar-refractivity contribution in [1.82, 2.24) is 20.0 Å². The molecule has 0 atom stereocenters. The van der Waals surface area contributed by atoms with Crippen molar-refractivity contribution in [2.45, 2.75) is 13.0 Å². The van der Waals surface area contributed by atoms with Gasteiger partial charge in [0.25, 0.3) is 5.56 Å². The largest absolute Gasteiger partial charge is 0.383 e. The van der Waals surface area contributed by atoms with Crippen LogP contribution in [0.1, 0.15) is 11.3 Å². The van der Waals surface area contributed by atoms with Gasteiger partial charge in [0.15, 0.2) is 0 Å². The Balaban J connectivity index is 1.78. The molecule has 2 amide bonds. The summed E-state index contributed by atoms with van der Waals surface area (Å²) in [5.74, 6) is 0. The number of urea groups is 1. The quantitative estimate of drug-likeness (QED) is 0.822. The summed E-state index contributed by atoms with van der Waals surface area (Å²) in [4.78, 5) is 26.4. The Morgan fingerprint density at radius 2 is 2.13 bits per heavy atom. The van der Waals surface area contributed by atoms with Crippen LogP contribution in [0.5, 0.6) is 0 Å². The molecule has 2 heterocycles. The number of aromatic amines is 1. The van der Waals surface area contributed by atoms with Crippen molar-refractivity contribution >= 4 is 6.03 Å². The van der Waals surface area contributed by atoms with E-state index in [4.69, 9.17) is 4.74 Å². The molecule has 0 radical (unpaired) electrons. The van der Waals surface area contributed by atoms with Gasteiger partial charge in [-0.05, 0) is 12.1 Å². The number of amides is 2. The van der Waals surface area contributed by atoms with Crippen LogP contribution in [0.3, 0.4) is 0 Å². The zero-order chi connectivity index (χ0) is 16.2. The molecule has 0 bridgehead atoms. The summed E-state index contributed by atoms with van der Waals surface area (Å²) < 4.78 is 6.45. The zero-order valence-corrected chi connectivity index (χ0v) is 13.0. The van der Waals surface area contributed by atoms with Crippen LogP contribution in [0, 0.1) is 0 Å². The summed E-state index contributed by atoms with van der Waals surface area (Å²) in [7, 11) is 1.59. The third-order valence-corrected chi connectivity index (χ3v) is 3.94. The maximum Gasteiger partial charge on any atom is 0.317 e. The summed E-state index contributed by atoms with van der Waals surface area (Å²) in [5, 5.41) is 5.94. The van der Waals surface area contributed by atoms with Crippen molar-refractivity contribution in [1.29, 1.82) is 0 Å². The molecule has 0 unspecified atom stereocenters. The van der Waals surface area contributed by atoms with Crippen molar-refractivity contribution in [2.75, 3.05) is 26.8 Å². The Labute approximate surface area is 133 Å². The molecule has 3 rings (SSSR count). The second-order valence-corrected chi connectivity index (χ2v) is 5.44. The van der Waals surface area contributed by atoms with Crippen LogP contribution >= 0.6 is 0 Å². The molecule has 0 saturated heterocycles. The van der Waals surface area contributed by atoms with Gasteiger partial charge in [-0.2, -0.15) is 0 Å². The molecule has 1 aromatic heterocycles. The number of aromatic nitrogens is 2. The lowest BCUT2D eigenvalue weighted by Gasteiger charge is -2.26. The Bertz CT molecular complexity index is 736. The van der Waals surface area contributed by atoms with E-state index < -0.39 is 0 Å². The number of methoxy groups -OCH3 is 1. The number of carbonyl (C=O) groups is 1. The number of fused-ring (bicyclic) bond motifs is 1. The van der Waals surface area contributed by atoms with Crippen molar-refractivity contribution < 1.29 is 9.53 Å². The van der Waals surface area contributed by atoms with E-state index in [9.17, 15) is 9.59 Å². The number of rotatable bonds is 4. The smallest absolute Gasteiger partial charge is 0.317 e. The second-order valence-electron chi connectivity index (χ2n) is 5.44. The lowest BCUT2D eigenvalue weighted by Crippen LogP contribution is -2.44. The van der Waals surface area contributed by atoms with Crippen LogP contribution in [-0.2, 0) is 17.7 Å². The van der Waals surface area contributed by atoms with Gasteiger partial charge >= 0.3 is 6.03 Å². The molecule has 0 saturated carbocycles. The summed E-state index contributed by atoms with van der Waals surface area (Å²) in [6.07, 6.45) is 0.641. The van der Waals surface area contributed by atoms with Crippen molar-refractivity contribution in [2.24, 2.45) is 0 Å². The first-order valence-electron chi connectivity index (χ1n) is 7.60. The van der Waals surface area contributed by atoms with Crippen molar-refractivity contribution in [3.05, 3.63) is 51.9 Å². The standard InChI is InChI=1S/C16H20N4O3/c1-23-10-8-17-16(22)19-9-7-14-13(11-19)15(21)20(18-14)12-5-3-2-4-6-12/h2-6,18H,7-11H2,1H3,(H,17,22). The molecule has 0 fully saturated rings. The first-order valence-corrected chi connectivity index (χ1v) is 7.60. The molecule has 7 nitrogen and oxygen atoms in total. The second kappa shape index (κ2) is 6.70. The van der Waals surface area contributed by atoms with Gasteiger partial charge in [0, 0.05) is 32.3 Å². The monoisotopic (exact) mass is 316 g/mol. The third-order valence-electron chi connectivity index (χ3n) is 3.94. The minimum atomic E-state index is -0.167. The minimum absolute atomic E-state index is 0.0967. The number of H-pyrrole nitrogens is 1.